The maximum absolute atomic E-state index is 5.45. The van der Waals surface area contributed by atoms with E-state index >= 15 is 0 Å². The number of hydrogen-bond acceptors (Lipinski definition) is 6. The number of nitrogens with zero attached hydrogens (tertiary/aromatic N) is 8. The molecule has 0 aliphatic heterocycles. The van der Waals surface area contributed by atoms with Crippen molar-refractivity contribution in [1.82, 2.24) is 39.0 Å². The molecule has 4 aromatic heterocycles. The number of benzene rings is 12. The minimum Gasteiger partial charge on any atom is -0.309 e. The topological polar surface area (TPSA) is 87.2 Å². The number of aromatic nitrogens is 8. The zero-order chi connectivity index (χ0) is 60.4. The molecule has 0 unspecified atom stereocenters. The Morgan fingerprint density at radius 2 is 0.478 bits per heavy atom. The van der Waals surface area contributed by atoms with Crippen molar-refractivity contribution in [3.63, 3.8) is 0 Å². The van der Waals surface area contributed by atoms with Crippen LogP contribution in [0.1, 0.15) is 22.3 Å². The predicted octanol–water partition coefficient (Wildman–Crippen LogP) is 20.5. The lowest BCUT2D eigenvalue weighted by atomic mass is 9.97. The highest BCUT2D eigenvalue weighted by Crippen LogP contribution is 2.43. The highest BCUT2D eigenvalue weighted by molar-refractivity contribution is 6.12. The maximum atomic E-state index is 5.45. The Hall–Kier alpha value is -11.7. The Morgan fingerprint density at radius 3 is 0.822 bits per heavy atom. The summed E-state index contributed by atoms with van der Waals surface area (Å²) in [4.78, 5) is 32.2. The van der Waals surface area contributed by atoms with Crippen molar-refractivity contribution >= 4 is 43.6 Å². The molecule has 0 atom stereocenters. The van der Waals surface area contributed by atoms with Crippen LogP contribution in [0, 0.1) is 27.7 Å². The van der Waals surface area contributed by atoms with E-state index in [2.05, 4.69) is 243 Å². The Labute approximate surface area is 521 Å². The molecular weight excluding hydrogens is 1100 g/mol. The van der Waals surface area contributed by atoms with Crippen molar-refractivity contribution in [2.75, 3.05) is 0 Å². The summed E-state index contributed by atoms with van der Waals surface area (Å²) in [6.07, 6.45) is 0. The molecular formula is C82H58N8. The molecule has 8 nitrogen and oxygen atoms in total. The molecule has 16 rings (SSSR count). The van der Waals surface area contributed by atoms with E-state index in [0.717, 1.165) is 111 Å². The van der Waals surface area contributed by atoms with E-state index in [4.69, 9.17) is 29.9 Å². The van der Waals surface area contributed by atoms with Gasteiger partial charge in [0, 0.05) is 54.9 Å². The van der Waals surface area contributed by atoms with E-state index in [1.54, 1.807) is 0 Å². The second kappa shape index (κ2) is 22.2. The van der Waals surface area contributed by atoms with Crippen LogP contribution in [0.25, 0.3) is 157 Å². The first-order chi connectivity index (χ1) is 44.2. The monoisotopic (exact) mass is 1150 g/mol. The normalized spacial score (nSPS) is 11.6. The van der Waals surface area contributed by atoms with Crippen LogP contribution >= 0.6 is 0 Å². The predicted molar refractivity (Wildman–Crippen MR) is 370 cm³/mol. The first kappa shape index (κ1) is 53.7. The third kappa shape index (κ3) is 9.77. The molecule has 90 heavy (non-hydrogen) atoms. The zero-order valence-electron chi connectivity index (χ0n) is 50.1. The molecule has 12 aromatic carbocycles. The van der Waals surface area contributed by atoms with E-state index in [-0.39, 0.29) is 0 Å². The van der Waals surface area contributed by atoms with E-state index in [0.29, 0.717) is 34.9 Å². The van der Waals surface area contributed by atoms with E-state index < -0.39 is 0 Å². The quantitative estimate of drug-likeness (QED) is 0.128. The molecule has 0 spiro atoms. The van der Waals surface area contributed by atoms with Crippen molar-refractivity contribution in [3.05, 3.63) is 301 Å². The minimum atomic E-state index is 0.539. The van der Waals surface area contributed by atoms with Crippen LogP contribution in [0.15, 0.2) is 279 Å². The van der Waals surface area contributed by atoms with Gasteiger partial charge in [-0.05, 0) is 122 Å². The summed E-state index contributed by atoms with van der Waals surface area (Å²) in [5.41, 5.74) is 22.9. The van der Waals surface area contributed by atoms with E-state index in [9.17, 15) is 0 Å². The Kier molecular flexibility index (Phi) is 13.2. The van der Waals surface area contributed by atoms with Gasteiger partial charge in [-0.2, -0.15) is 0 Å². The summed E-state index contributed by atoms with van der Waals surface area (Å²) in [5, 5.41) is 4.59. The Balaban J connectivity index is 0.964. The zero-order valence-corrected chi connectivity index (χ0v) is 50.1. The summed E-state index contributed by atoms with van der Waals surface area (Å²) in [6, 6.07) is 98.9. The lowest BCUT2D eigenvalue weighted by molar-refractivity contribution is 1.06. The average Bonchev–Trinajstić information content (AvgIpc) is 1.56. The fraction of sp³-hybridized carbons (Fsp3) is 0.0488. The standard InChI is InChI=1S/C82H58N8/c1-51-41-52(2)44-63(43-51)61-35-37-73-67(47-61)65-29-17-19-31-71(65)89(73)75-39-33-59(49-69(75)81-85-77(55-21-9-5-10-22-55)83-78(86-81)56-23-11-6-12-24-56)60-34-40-76(70(50-60)82-87-79(57-25-13-7-14-26-57)84-80(88-82)58-27-15-8-16-28-58)90-72-32-20-18-30-66(72)68-48-62(36-38-74(68)90)64-45-53(3)42-54(4)46-64/h5-50H,1-4H3. The van der Waals surface area contributed by atoms with Crippen molar-refractivity contribution in [2.24, 2.45) is 0 Å². The van der Waals surface area contributed by atoms with Gasteiger partial charge in [0.2, 0.25) is 0 Å². The average molecular weight is 1160 g/mol. The van der Waals surface area contributed by atoms with Crippen molar-refractivity contribution in [3.8, 4) is 113 Å². The molecule has 0 bridgehead atoms. The molecule has 0 amide bonds. The van der Waals surface area contributed by atoms with Crippen molar-refractivity contribution in [2.45, 2.75) is 27.7 Å². The lowest BCUT2D eigenvalue weighted by Crippen LogP contribution is -2.05. The van der Waals surface area contributed by atoms with Crippen LogP contribution < -0.4 is 0 Å². The molecule has 4 heterocycles. The van der Waals surface area contributed by atoms with Crippen LogP contribution in [-0.4, -0.2) is 39.0 Å². The number of rotatable bonds is 11. The van der Waals surface area contributed by atoms with Crippen LogP contribution in [0.5, 0.6) is 0 Å². The van der Waals surface area contributed by atoms with Crippen LogP contribution in [-0.2, 0) is 0 Å². The molecule has 426 valence electrons. The SMILES string of the molecule is Cc1cc(C)cc(-c2ccc3c(c2)c2ccccc2n3-c2ccc(-c3ccc(-n4c5ccccc5c5cc(-c6cc(C)cc(C)c6)ccc54)c(-c4nc(-c5ccccc5)nc(-c5ccccc5)n4)c3)cc2-c2nc(-c3ccccc3)nc(-c3ccccc3)n2)c1. The van der Waals surface area contributed by atoms with Gasteiger partial charge >= 0.3 is 0 Å². The molecule has 8 heteroatoms. The van der Waals surface area contributed by atoms with Gasteiger partial charge < -0.3 is 9.13 Å². The minimum absolute atomic E-state index is 0.539. The molecule has 0 aliphatic carbocycles. The first-order valence-corrected chi connectivity index (χ1v) is 30.5. The second-order valence-corrected chi connectivity index (χ2v) is 23.5. The van der Waals surface area contributed by atoms with Crippen molar-refractivity contribution < 1.29 is 0 Å². The van der Waals surface area contributed by atoms with Gasteiger partial charge in [0.05, 0.1) is 33.4 Å². The first-order valence-electron chi connectivity index (χ1n) is 30.5. The van der Waals surface area contributed by atoms with E-state index in [1.807, 2.05) is 72.8 Å². The molecule has 0 saturated heterocycles. The second-order valence-electron chi connectivity index (χ2n) is 23.5. The molecule has 16 aromatic rings. The largest absolute Gasteiger partial charge is 0.309 e. The Bertz CT molecular complexity index is 4960. The highest BCUT2D eigenvalue weighted by Gasteiger charge is 2.25. The van der Waals surface area contributed by atoms with Gasteiger partial charge in [0.25, 0.3) is 0 Å². The van der Waals surface area contributed by atoms with Gasteiger partial charge in [-0.15, -0.1) is 0 Å². The molecule has 0 saturated carbocycles. The summed E-state index contributed by atoms with van der Waals surface area (Å²) >= 11 is 0. The van der Waals surface area contributed by atoms with Gasteiger partial charge in [-0.1, -0.05) is 241 Å². The lowest BCUT2D eigenvalue weighted by Gasteiger charge is -2.18. The fourth-order valence-corrected chi connectivity index (χ4v) is 13.1. The number of hydrogen-bond donors (Lipinski definition) is 0. The molecule has 0 aliphatic rings. The van der Waals surface area contributed by atoms with Crippen LogP contribution in [0.3, 0.4) is 0 Å². The van der Waals surface area contributed by atoms with Gasteiger partial charge in [-0.3, -0.25) is 0 Å². The highest BCUT2D eigenvalue weighted by atomic mass is 15.1. The summed E-state index contributed by atoms with van der Waals surface area (Å²) < 4.78 is 4.76. The van der Waals surface area contributed by atoms with Crippen LogP contribution in [0.4, 0.5) is 0 Å². The number of fused-ring (bicyclic) bond motifs is 6. The van der Waals surface area contributed by atoms with Gasteiger partial charge in [0.1, 0.15) is 0 Å². The maximum Gasteiger partial charge on any atom is 0.166 e. The summed E-state index contributed by atoms with van der Waals surface area (Å²) in [6.45, 7) is 8.66. The molecule has 0 fully saturated rings. The number of para-hydroxylation sites is 2. The van der Waals surface area contributed by atoms with Crippen LogP contribution in [0.2, 0.25) is 0 Å². The number of aryl methyl sites for hydroxylation is 4. The molecule has 0 N–H and O–H groups in total. The Morgan fingerprint density at radius 1 is 0.200 bits per heavy atom. The van der Waals surface area contributed by atoms with E-state index in [1.165, 1.54) is 33.4 Å². The van der Waals surface area contributed by atoms with Gasteiger partial charge in [0.15, 0.2) is 34.9 Å². The third-order valence-electron chi connectivity index (χ3n) is 17.1. The van der Waals surface area contributed by atoms with Crippen molar-refractivity contribution in [1.29, 1.82) is 0 Å². The summed E-state index contributed by atoms with van der Waals surface area (Å²) in [5.74, 6) is 3.39. The fourth-order valence-electron chi connectivity index (χ4n) is 13.1. The van der Waals surface area contributed by atoms with Gasteiger partial charge in [-0.25, -0.2) is 29.9 Å². The third-order valence-corrected chi connectivity index (χ3v) is 17.1. The molecule has 0 radical (unpaired) electrons. The smallest absolute Gasteiger partial charge is 0.166 e. The summed E-state index contributed by atoms with van der Waals surface area (Å²) in [7, 11) is 0.